The molecule has 0 saturated heterocycles. The molecule has 0 atom stereocenters. The fourth-order valence-corrected chi connectivity index (χ4v) is 2.55. The van der Waals surface area contributed by atoms with Gasteiger partial charge in [0.25, 0.3) is 5.91 Å². The van der Waals surface area contributed by atoms with Crippen LogP contribution in [0.15, 0.2) is 53.2 Å². The second-order valence-corrected chi connectivity index (χ2v) is 6.63. The van der Waals surface area contributed by atoms with Crippen LogP contribution in [-0.4, -0.2) is 17.8 Å². The normalized spacial score (nSPS) is 15.3. The molecule has 1 amide bonds. The third-order valence-corrected chi connectivity index (χ3v) is 4.28. The minimum Gasteiger partial charge on any atom is -0.395 e. The molecule has 0 aromatic heterocycles. The van der Waals surface area contributed by atoms with E-state index in [1.807, 2.05) is 0 Å². The van der Waals surface area contributed by atoms with Gasteiger partial charge >= 0.3 is 6.18 Å². The van der Waals surface area contributed by atoms with E-state index in [2.05, 4.69) is 10.3 Å². The summed E-state index contributed by atoms with van der Waals surface area (Å²) >= 11 is 0. The number of amides is 1. The first kappa shape index (κ1) is 21.4. The predicted molar refractivity (Wildman–Crippen MR) is 98.9 cm³/mol. The first-order valence-corrected chi connectivity index (χ1v) is 8.74. The molecule has 0 bridgehead atoms. The van der Waals surface area contributed by atoms with Crippen LogP contribution in [0.5, 0.6) is 0 Å². The number of benzene rings is 2. The Morgan fingerprint density at radius 1 is 1.10 bits per heavy atom. The average Bonchev–Trinajstić information content (AvgIpc) is 3.49. The highest BCUT2D eigenvalue weighted by atomic mass is 19.4. The molecule has 3 rings (SSSR count). The third-order valence-electron chi connectivity index (χ3n) is 4.28. The van der Waals surface area contributed by atoms with Crippen molar-refractivity contribution in [3.05, 3.63) is 71.2 Å². The van der Waals surface area contributed by atoms with E-state index in [1.165, 1.54) is 6.07 Å². The largest absolute Gasteiger partial charge is 0.430 e. The summed E-state index contributed by atoms with van der Waals surface area (Å²) in [6, 6.07) is 6.30. The van der Waals surface area contributed by atoms with E-state index >= 15 is 0 Å². The molecule has 0 unspecified atom stereocenters. The number of rotatable bonds is 5. The van der Waals surface area contributed by atoms with Crippen LogP contribution in [0.1, 0.15) is 23.2 Å². The number of carbonyl (C=O) groups is 1. The van der Waals surface area contributed by atoms with Crippen molar-refractivity contribution in [3.63, 3.8) is 0 Å². The van der Waals surface area contributed by atoms with Gasteiger partial charge in [0.1, 0.15) is 5.70 Å². The van der Waals surface area contributed by atoms with Crippen molar-refractivity contribution in [2.24, 2.45) is 16.6 Å². The van der Waals surface area contributed by atoms with Crippen molar-refractivity contribution in [2.45, 2.75) is 19.0 Å². The van der Waals surface area contributed by atoms with Crippen LogP contribution in [-0.2, 0) is 0 Å². The predicted octanol–water partition coefficient (Wildman–Crippen LogP) is 5.24. The quantitative estimate of drug-likeness (QED) is 0.506. The molecule has 4 nitrogen and oxygen atoms in total. The van der Waals surface area contributed by atoms with E-state index < -0.39 is 40.8 Å². The number of aliphatic imine (C=N–C) groups is 1. The smallest absolute Gasteiger partial charge is 0.395 e. The number of halogens is 6. The Labute approximate surface area is 167 Å². The van der Waals surface area contributed by atoms with Gasteiger partial charge in [0.2, 0.25) is 0 Å². The monoisotopic (exact) mass is 427 g/mol. The Morgan fingerprint density at radius 2 is 1.80 bits per heavy atom. The van der Waals surface area contributed by atoms with Crippen LogP contribution in [0.25, 0.3) is 0 Å². The highest BCUT2D eigenvalue weighted by Crippen LogP contribution is 2.35. The molecule has 1 saturated carbocycles. The van der Waals surface area contributed by atoms with Crippen molar-refractivity contribution >= 4 is 23.0 Å². The number of hydrogen-bond donors (Lipinski definition) is 2. The molecule has 0 radical (unpaired) electrons. The summed E-state index contributed by atoms with van der Waals surface area (Å²) in [7, 11) is 0. The summed E-state index contributed by atoms with van der Waals surface area (Å²) in [5, 5.41) is 2.22. The second-order valence-electron chi connectivity index (χ2n) is 6.63. The Kier molecular flexibility index (Phi) is 5.86. The lowest BCUT2D eigenvalue weighted by molar-refractivity contribution is -0.0925. The van der Waals surface area contributed by atoms with E-state index in [9.17, 15) is 31.1 Å². The summed E-state index contributed by atoms with van der Waals surface area (Å²) in [4.78, 5) is 16.0. The summed E-state index contributed by atoms with van der Waals surface area (Å²) in [6.07, 6.45) is -2.83. The van der Waals surface area contributed by atoms with Crippen molar-refractivity contribution in [1.82, 2.24) is 0 Å². The molecule has 2 aromatic carbocycles. The average molecular weight is 427 g/mol. The molecule has 0 spiro atoms. The SMILES string of the molecule is NC(=CC(=Nc1ccc(NC(=O)c2cccc(F)c2F)cc1F)C1CC1)C(F)(F)F. The van der Waals surface area contributed by atoms with Gasteiger partial charge in [-0.3, -0.25) is 9.79 Å². The summed E-state index contributed by atoms with van der Waals surface area (Å²) in [5.74, 6) is -4.73. The van der Waals surface area contributed by atoms with Crippen molar-refractivity contribution in [2.75, 3.05) is 5.32 Å². The number of hydrogen-bond acceptors (Lipinski definition) is 3. The van der Waals surface area contributed by atoms with Gasteiger partial charge in [-0.2, -0.15) is 13.2 Å². The lowest BCUT2D eigenvalue weighted by Gasteiger charge is -2.09. The zero-order valence-electron chi connectivity index (χ0n) is 15.2. The van der Waals surface area contributed by atoms with E-state index in [1.54, 1.807) is 0 Å². The van der Waals surface area contributed by atoms with Crippen molar-refractivity contribution < 1.29 is 31.1 Å². The van der Waals surface area contributed by atoms with E-state index in [0.717, 1.165) is 30.3 Å². The van der Waals surface area contributed by atoms with Crippen LogP contribution >= 0.6 is 0 Å². The molecule has 1 aliphatic carbocycles. The molecule has 2 aromatic rings. The van der Waals surface area contributed by atoms with Crippen molar-refractivity contribution in [1.29, 1.82) is 0 Å². The molecular formula is C20H15F6N3O. The maximum Gasteiger partial charge on any atom is 0.430 e. The number of alkyl halides is 3. The molecule has 10 heteroatoms. The van der Waals surface area contributed by atoms with Crippen LogP contribution in [0.3, 0.4) is 0 Å². The zero-order chi connectivity index (χ0) is 22.1. The van der Waals surface area contributed by atoms with Crippen LogP contribution in [0, 0.1) is 23.4 Å². The summed E-state index contributed by atoms with van der Waals surface area (Å²) < 4.78 is 79.3. The topological polar surface area (TPSA) is 67.5 Å². The van der Waals surface area contributed by atoms with Gasteiger partial charge in [0.05, 0.1) is 11.3 Å². The number of nitrogens with one attached hydrogen (secondary N) is 1. The van der Waals surface area contributed by atoms with Crippen LogP contribution < -0.4 is 11.1 Å². The third kappa shape index (κ3) is 5.00. The second kappa shape index (κ2) is 8.21. The molecule has 1 aliphatic rings. The summed E-state index contributed by atoms with van der Waals surface area (Å²) in [6.45, 7) is 0. The fourth-order valence-electron chi connectivity index (χ4n) is 2.55. The number of nitrogens with two attached hydrogens (primary N) is 1. The van der Waals surface area contributed by atoms with E-state index in [-0.39, 0.29) is 23.0 Å². The van der Waals surface area contributed by atoms with Gasteiger partial charge in [0, 0.05) is 17.3 Å². The molecule has 1 fully saturated rings. The molecule has 0 aliphatic heterocycles. The maximum absolute atomic E-state index is 14.4. The molecular weight excluding hydrogens is 412 g/mol. The molecule has 158 valence electrons. The van der Waals surface area contributed by atoms with Gasteiger partial charge in [0.15, 0.2) is 17.5 Å². The van der Waals surface area contributed by atoms with Crippen LogP contribution in [0.4, 0.5) is 37.7 Å². The van der Waals surface area contributed by atoms with Gasteiger partial charge in [-0.15, -0.1) is 0 Å². The van der Waals surface area contributed by atoms with Gasteiger partial charge in [-0.05, 0) is 49.2 Å². The number of carbonyl (C=O) groups excluding carboxylic acids is 1. The minimum absolute atomic E-state index is 0.00217. The number of anilines is 1. The standard InChI is InChI=1S/C20H15F6N3O/c21-13-3-1-2-12(18(13)23)19(30)28-11-6-7-15(14(22)8-11)29-16(10-4-5-10)9-17(27)20(24,25)26/h1-3,6-10H,4-5,27H2,(H,28,30). The molecule has 30 heavy (non-hydrogen) atoms. The molecule has 3 N–H and O–H groups in total. The molecule has 0 heterocycles. The minimum atomic E-state index is -4.73. The fraction of sp³-hybridized carbons (Fsp3) is 0.200. The lowest BCUT2D eigenvalue weighted by Crippen LogP contribution is -2.21. The zero-order valence-corrected chi connectivity index (χ0v) is 15.2. The Balaban J connectivity index is 1.83. The Hall–Kier alpha value is -3.30. The Bertz CT molecular complexity index is 1040. The van der Waals surface area contributed by atoms with Crippen molar-refractivity contribution in [3.8, 4) is 0 Å². The first-order chi connectivity index (χ1) is 14.1. The van der Waals surface area contributed by atoms with Gasteiger partial charge in [-0.25, -0.2) is 13.2 Å². The summed E-state index contributed by atoms with van der Waals surface area (Å²) in [5.41, 5.74) is 2.80. The maximum atomic E-state index is 14.4. The first-order valence-electron chi connectivity index (χ1n) is 8.74. The highest BCUT2D eigenvalue weighted by molar-refractivity contribution is 6.04. The van der Waals surface area contributed by atoms with Gasteiger partial charge in [-0.1, -0.05) is 6.07 Å². The van der Waals surface area contributed by atoms with Gasteiger partial charge < -0.3 is 11.1 Å². The van der Waals surface area contributed by atoms with E-state index in [4.69, 9.17) is 5.73 Å². The number of nitrogens with zero attached hydrogens (tertiary/aromatic N) is 1. The highest BCUT2D eigenvalue weighted by Gasteiger charge is 2.34. The number of allylic oxidation sites excluding steroid dienone is 2. The van der Waals surface area contributed by atoms with E-state index in [0.29, 0.717) is 18.9 Å². The Morgan fingerprint density at radius 3 is 2.40 bits per heavy atom. The lowest BCUT2D eigenvalue weighted by atomic mass is 10.1. The van der Waals surface area contributed by atoms with Crippen LogP contribution in [0.2, 0.25) is 0 Å².